The highest BCUT2D eigenvalue weighted by Gasteiger charge is 2.19. The molecule has 1 aliphatic heterocycles. The lowest BCUT2D eigenvalue weighted by Crippen LogP contribution is -2.05. The summed E-state index contributed by atoms with van der Waals surface area (Å²) in [5, 5.41) is 9.06. The zero-order chi connectivity index (χ0) is 10.1. The Kier molecular flexibility index (Phi) is 2.46. The fraction of sp³-hybridized carbons (Fsp3) is 0.500. The molecule has 14 heavy (non-hydrogen) atoms. The van der Waals surface area contributed by atoms with Crippen molar-refractivity contribution in [1.82, 2.24) is 0 Å². The molecule has 1 aromatic rings. The molecule has 2 nitrogen and oxygen atoms in total. The molecule has 2 heteroatoms. The minimum atomic E-state index is 0.204. The molecule has 2 atom stereocenters. The second kappa shape index (κ2) is 3.62. The Morgan fingerprint density at radius 3 is 3.07 bits per heavy atom. The molecule has 0 fully saturated rings. The van der Waals surface area contributed by atoms with Gasteiger partial charge >= 0.3 is 0 Å². The predicted molar refractivity (Wildman–Crippen MR) is 55.7 cm³/mol. The normalized spacial score (nSPS) is 21.5. The third-order valence-corrected chi connectivity index (χ3v) is 2.76. The summed E-state index contributed by atoms with van der Waals surface area (Å²) in [6.45, 7) is 4.31. The van der Waals surface area contributed by atoms with Gasteiger partial charge in [0.15, 0.2) is 0 Å². The van der Waals surface area contributed by atoms with Crippen LogP contribution in [0.5, 0.6) is 5.75 Å². The van der Waals surface area contributed by atoms with E-state index in [1.165, 1.54) is 11.1 Å². The van der Waals surface area contributed by atoms with E-state index in [1.54, 1.807) is 0 Å². The Morgan fingerprint density at radius 1 is 1.57 bits per heavy atom. The summed E-state index contributed by atoms with van der Waals surface area (Å²) >= 11 is 0. The minimum absolute atomic E-state index is 0.204. The molecule has 0 bridgehead atoms. The summed E-state index contributed by atoms with van der Waals surface area (Å²) in [4.78, 5) is 0. The number of aliphatic hydroxyl groups is 1. The van der Waals surface area contributed by atoms with Crippen LogP contribution >= 0.6 is 0 Å². The smallest absolute Gasteiger partial charge is 0.123 e. The number of hydrogen-bond acceptors (Lipinski definition) is 2. The van der Waals surface area contributed by atoms with Crippen molar-refractivity contribution < 1.29 is 9.84 Å². The second-order valence-electron chi connectivity index (χ2n) is 4.08. The second-order valence-corrected chi connectivity index (χ2v) is 4.08. The molecule has 1 N–H and O–H groups in total. The van der Waals surface area contributed by atoms with Crippen molar-refractivity contribution in [2.45, 2.75) is 32.3 Å². The maximum atomic E-state index is 9.06. The predicted octanol–water partition coefficient (Wildman–Crippen LogP) is 2.11. The average Bonchev–Trinajstić information content (AvgIpc) is 2.55. The van der Waals surface area contributed by atoms with Crippen LogP contribution in [-0.4, -0.2) is 17.8 Å². The topological polar surface area (TPSA) is 29.5 Å². The van der Waals surface area contributed by atoms with Gasteiger partial charge in [0, 0.05) is 18.9 Å². The van der Waals surface area contributed by atoms with Crippen LogP contribution < -0.4 is 4.74 Å². The van der Waals surface area contributed by atoms with Crippen molar-refractivity contribution in [3.8, 4) is 5.75 Å². The van der Waals surface area contributed by atoms with Crippen LogP contribution in [0.15, 0.2) is 18.2 Å². The molecular weight excluding hydrogens is 176 g/mol. The van der Waals surface area contributed by atoms with E-state index in [4.69, 9.17) is 9.84 Å². The van der Waals surface area contributed by atoms with E-state index in [2.05, 4.69) is 13.0 Å². The first-order valence-corrected chi connectivity index (χ1v) is 5.11. The number of rotatable bonds is 2. The lowest BCUT2D eigenvalue weighted by Gasteiger charge is -2.09. The van der Waals surface area contributed by atoms with Crippen molar-refractivity contribution in [1.29, 1.82) is 0 Å². The molecule has 1 aromatic carbocycles. The van der Waals surface area contributed by atoms with Crippen LogP contribution in [0, 0.1) is 0 Å². The Morgan fingerprint density at radius 2 is 2.36 bits per heavy atom. The summed E-state index contributed by atoms with van der Waals surface area (Å²) in [6.07, 6.45) is 1.28. The van der Waals surface area contributed by atoms with Crippen LogP contribution in [0.3, 0.4) is 0 Å². The van der Waals surface area contributed by atoms with Gasteiger partial charge in [0.2, 0.25) is 0 Å². The highest BCUT2D eigenvalue weighted by molar-refractivity contribution is 5.41. The Balaban J connectivity index is 2.28. The van der Waals surface area contributed by atoms with Gasteiger partial charge < -0.3 is 9.84 Å². The van der Waals surface area contributed by atoms with Gasteiger partial charge in [-0.05, 0) is 24.1 Å². The standard InChI is InChI=1S/C12H16O2/c1-8(7-13)10-3-4-12-11(6-10)5-9(2)14-12/h3-4,6,8-9,13H,5,7H2,1-2H3. The molecule has 2 unspecified atom stereocenters. The van der Waals surface area contributed by atoms with Crippen LogP contribution in [-0.2, 0) is 6.42 Å². The van der Waals surface area contributed by atoms with Crippen molar-refractivity contribution in [2.24, 2.45) is 0 Å². The molecule has 0 saturated heterocycles. The summed E-state index contributed by atoms with van der Waals surface area (Å²) in [5.41, 5.74) is 2.47. The molecule has 1 heterocycles. The van der Waals surface area contributed by atoms with Gasteiger partial charge in [-0.15, -0.1) is 0 Å². The van der Waals surface area contributed by atoms with Gasteiger partial charge in [-0.3, -0.25) is 0 Å². The molecule has 0 radical (unpaired) electrons. The zero-order valence-corrected chi connectivity index (χ0v) is 8.66. The molecule has 1 aliphatic rings. The number of hydrogen-bond donors (Lipinski definition) is 1. The monoisotopic (exact) mass is 192 g/mol. The van der Waals surface area contributed by atoms with E-state index >= 15 is 0 Å². The first-order valence-electron chi connectivity index (χ1n) is 5.11. The van der Waals surface area contributed by atoms with Gasteiger partial charge in [0.25, 0.3) is 0 Å². The third-order valence-electron chi connectivity index (χ3n) is 2.76. The molecule has 0 spiro atoms. The lowest BCUT2D eigenvalue weighted by atomic mass is 9.98. The van der Waals surface area contributed by atoms with Crippen LogP contribution in [0.2, 0.25) is 0 Å². The van der Waals surface area contributed by atoms with Gasteiger partial charge in [-0.25, -0.2) is 0 Å². The third kappa shape index (κ3) is 1.62. The van der Waals surface area contributed by atoms with E-state index in [1.807, 2.05) is 19.1 Å². The molecule has 0 saturated carbocycles. The van der Waals surface area contributed by atoms with Crippen LogP contribution in [0.25, 0.3) is 0 Å². The van der Waals surface area contributed by atoms with Crippen molar-refractivity contribution in [2.75, 3.05) is 6.61 Å². The molecule has 0 amide bonds. The fourth-order valence-electron chi connectivity index (χ4n) is 1.85. The zero-order valence-electron chi connectivity index (χ0n) is 8.66. The average molecular weight is 192 g/mol. The molecule has 76 valence electrons. The Hall–Kier alpha value is -1.02. The maximum Gasteiger partial charge on any atom is 0.123 e. The fourth-order valence-corrected chi connectivity index (χ4v) is 1.85. The lowest BCUT2D eigenvalue weighted by molar-refractivity contribution is 0.254. The van der Waals surface area contributed by atoms with E-state index in [0.29, 0.717) is 6.10 Å². The summed E-state index contributed by atoms with van der Waals surface area (Å²) < 4.78 is 5.61. The summed E-state index contributed by atoms with van der Waals surface area (Å²) in [6, 6.07) is 6.21. The maximum absolute atomic E-state index is 9.06. The Bertz CT molecular complexity index is 333. The van der Waals surface area contributed by atoms with Gasteiger partial charge in [0.05, 0.1) is 0 Å². The quantitative estimate of drug-likeness (QED) is 0.777. The van der Waals surface area contributed by atoms with Crippen molar-refractivity contribution >= 4 is 0 Å². The number of aliphatic hydroxyl groups excluding tert-OH is 1. The van der Waals surface area contributed by atoms with Gasteiger partial charge in [-0.2, -0.15) is 0 Å². The minimum Gasteiger partial charge on any atom is -0.490 e. The SMILES string of the molecule is CC1Cc2cc(C(C)CO)ccc2O1. The van der Waals surface area contributed by atoms with Crippen LogP contribution in [0.4, 0.5) is 0 Å². The van der Waals surface area contributed by atoms with E-state index in [9.17, 15) is 0 Å². The first-order chi connectivity index (χ1) is 6.70. The molecule has 0 aliphatic carbocycles. The first kappa shape index (κ1) is 9.53. The summed E-state index contributed by atoms with van der Waals surface area (Å²) in [7, 11) is 0. The van der Waals surface area contributed by atoms with E-state index in [0.717, 1.165) is 12.2 Å². The largest absolute Gasteiger partial charge is 0.490 e. The van der Waals surface area contributed by atoms with Crippen molar-refractivity contribution in [3.05, 3.63) is 29.3 Å². The van der Waals surface area contributed by atoms with Crippen molar-refractivity contribution in [3.63, 3.8) is 0 Å². The molecular formula is C12H16O2. The number of fused-ring (bicyclic) bond motifs is 1. The summed E-state index contributed by atoms with van der Waals surface area (Å²) in [5.74, 6) is 1.22. The highest BCUT2D eigenvalue weighted by Crippen LogP contribution is 2.31. The number of ether oxygens (including phenoxy) is 1. The van der Waals surface area contributed by atoms with E-state index < -0.39 is 0 Å². The number of benzene rings is 1. The van der Waals surface area contributed by atoms with Crippen LogP contribution in [0.1, 0.15) is 30.9 Å². The highest BCUT2D eigenvalue weighted by atomic mass is 16.5. The van der Waals surface area contributed by atoms with Gasteiger partial charge in [-0.1, -0.05) is 19.1 Å². The molecule has 0 aromatic heterocycles. The van der Waals surface area contributed by atoms with Gasteiger partial charge in [0.1, 0.15) is 11.9 Å². The van der Waals surface area contributed by atoms with E-state index in [-0.39, 0.29) is 12.5 Å². The molecule has 2 rings (SSSR count). The Labute approximate surface area is 84.5 Å².